The van der Waals surface area contributed by atoms with Crippen LogP contribution in [0.25, 0.3) is 21.9 Å². The Kier molecular flexibility index (Phi) is 6.54. The molecule has 172 valence electrons. The van der Waals surface area contributed by atoms with Crippen LogP contribution in [0.3, 0.4) is 0 Å². The second-order valence-corrected chi connectivity index (χ2v) is 8.01. The molecule has 0 aliphatic heterocycles. The minimum atomic E-state index is -1.05. The van der Waals surface area contributed by atoms with Crippen molar-refractivity contribution in [2.45, 2.75) is 26.4 Å². The summed E-state index contributed by atoms with van der Waals surface area (Å²) in [6.07, 6.45) is 0.759. The number of carbonyl (C=O) groups is 2. The lowest BCUT2D eigenvalue weighted by Gasteiger charge is -2.20. The van der Waals surface area contributed by atoms with Crippen LogP contribution < -0.4 is 10.9 Å². The van der Waals surface area contributed by atoms with E-state index in [1.54, 1.807) is 43.5 Å². The van der Waals surface area contributed by atoms with Gasteiger partial charge in [0.25, 0.3) is 11.5 Å². The first-order chi connectivity index (χ1) is 16.4. The van der Waals surface area contributed by atoms with Crippen LogP contribution in [0.5, 0.6) is 0 Å². The summed E-state index contributed by atoms with van der Waals surface area (Å²) in [7, 11) is 1.54. The predicted molar refractivity (Wildman–Crippen MR) is 132 cm³/mol. The maximum absolute atomic E-state index is 13.5. The lowest BCUT2D eigenvalue weighted by molar-refractivity contribution is -0.124. The van der Waals surface area contributed by atoms with Crippen LogP contribution in [0.2, 0.25) is 0 Å². The molecular formula is C27H25N3O4. The molecule has 0 radical (unpaired) electrons. The highest BCUT2D eigenvalue weighted by Crippen LogP contribution is 2.31. The van der Waals surface area contributed by atoms with Crippen LogP contribution >= 0.6 is 0 Å². The molecule has 0 aliphatic carbocycles. The van der Waals surface area contributed by atoms with E-state index in [0.717, 1.165) is 11.1 Å². The molecule has 0 saturated carbocycles. The van der Waals surface area contributed by atoms with Gasteiger partial charge in [0.1, 0.15) is 11.5 Å². The molecule has 4 aromatic rings. The van der Waals surface area contributed by atoms with Gasteiger partial charge < -0.3 is 14.6 Å². The van der Waals surface area contributed by atoms with Crippen molar-refractivity contribution in [1.29, 1.82) is 0 Å². The van der Waals surface area contributed by atoms with E-state index in [2.05, 4.69) is 10.3 Å². The van der Waals surface area contributed by atoms with Crippen molar-refractivity contribution in [3.8, 4) is 11.1 Å². The van der Waals surface area contributed by atoms with Crippen molar-refractivity contribution < 1.29 is 14.3 Å². The average Bonchev–Trinajstić information content (AvgIpc) is 2.85. The summed E-state index contributed by atoms with van der Waals surface area (Å²) < 4.78 is 6.95. The maximum atomic E-state index is 13.5. The fourth-order valence-corrected chi connectivity index (χ4v) is 3.87. The summed E-state index contributed by atoms with van der Waals surface area (Å²) in [6, 6.07) is 20.0. The third-order valence-corrected chi connectivity index (χ3v) is 5.67. The van der Waals surface area contributed by atoms with Gasteiger partial charge in [-0.15, -0.1) is 0 Å². The Balaban J connectivity index is 1.78. The normalized spacial score (nSPS) is 11.7. The van der Waals surface area contributed by atoms with E-state index in [1.165, 1.54) is 11.6 Å². The van der Waals surface area contributed by atoms with Crippen molar-refractivity contribution in [3.05, 3.63) is 94.5 Å². The topological polar surface area (TPSA) is 90.3 Å². The Morgan fingerprint density at radius 3 is 2.32 bits per heavy atom. The van der Waals surface area contributed by atoms with Gasteiger partial charge in [0, 0.05) is 24.2 Å². The number of carbonyl (C=O) groups excluding carboxylic acids is 2. The van der Waals surface area contributed by atoms with Gasteiger partial charge in [0.15, 0.2) is 6.10 Å². The molecule has 2 aromatic carbocycles. The molecule has 7 nitrogen and oxygen atoms in total. The van der Waals surface area contributed by atoms with Crippen molar-refractivity contribution in [2.75, 3.05) is 5.32 Å². The zero-order chi connectivity index (χ0) is 24.2. The smallest absolute Gasteiger partial charge is 0.356 e. The lowest BCUT2D eigenvalue weighted by Crippen LogP contribution is -2.34. The summed E-state index contributed by atoms with van der Waals surface area (Å²) in [5.41, 5.74) is 2.21. The Morgan fingerprint density at radius 1 is 1.00 bits per heavy atom. The number of ether oxygens (including phenoxy) is 1. The molecule has 0 spiro atoms. The summed E-state index contributed by atoms with van der Waals surface area (Å²) in [5, 5.41) is 3.81. The second-order valence-electron chi connectivity index (χ2n) is 8.01. The van der Waals surface area contributed by atoms with Gasteiger partial charge >= 0.3 is 5.97 Å². The minimum Gasteiger partial charge on any atom is -0.448 e. The Morgan fingerprint density at radius 2 is 1.68 bits per heavy atom. The molecule has 4 rings (SSSR count). The molecule has 1 unspecified atom stereocenters. The van der Waals surface area contributed by atoms with Crippen LogP contribution in [-0.4, -0.2) is 27.5 Å². The quantitative estimate of drug-likeness (QED) is 0.433. The number of fused-ring (bicyclic) bond motifs is 1. The van der Waals surface area contributed by atoms with E-state index < -0.39 is 18.0 Å². The highest BCUT2D eigenvalue weighted by atomic mass is 16.5. The molecule has 1 N–H and O–H groups in total. The number of pyridine rings is 2. The van der Waals surface area contributed by atoms with Gasteiger partial charge in [0.05, 0.1) is 0 Å². The van der Waals surface area contributed by atoms with Crippen LogP contribution in [0.15, 0.2) is 77.7 Å². The summed E-state index contributed by atoms with van der Waals surface area (Å²) in [6.45, 7) is 3.72. The number of aryl methyl sites for hydroxylation is 1. The predicted octanol–water partition coefficient (Wildman–Crippen LogP) is 4.48. The number of anilines is 1. The van der Waals surface area contributed by atoms with E-state index in [-0.39, 0.29) is 17.7 Å². The molecule has 1 atom stereocenters. The van der Waals surface area contributed by atoms with Crippen molar-refractivity contribution in [2.24, 2.45) is 7.05 Å². The lowest BCUT2D eigenvalue weighted by atomic mass is 9.96. The number of nitrogens with zero attached hydrogens (tertiary/aromatic N) is 2. The van der Waals surface area contributed by atoms with E-state index >= 15 is 0 Å². The van der Waals surface area contributed by atoms with E-state index in [0.29, 0.717) is 22.2 Å². The SMILES string of the molecule is CCC(OC(=O)c1c(-c2ccc(C)cc2)c2ccccc2c(=O)n1C)C(=O)Nc1ccccn1. The van der Waals surface area contributed by atoms with Gasteiger partial charge in [-0.05, 0) is 42.5 Å². The number of esters is 1. The van der Waals surface area contributed by atoms with Crippen LogP contribution in [-0.2, 0) is 16.6 Å². The van der Waals surface area contributed by atoms with Crippen LogP contribution in [0, 0.1) is 6.92 Å². The van der Waals surface area contributed by atoms with Crippen LogP contribution in [0.1, 0.15) is 29.4 Å². The number of nitrogens with one attached hydrogen (secondary N) is 1. The third-order valence-electron chi connectivity index (χ3n) is 5.67. The zero-order valence-electron chi connectivity index (χ0n) is 19.2. The van der Waals surface area contributed by atoms with Gasteiger partial charge in [-0.2, -0.15) is 0 Å². The molecule has 0 fully saturated rings. The molecule has 0 saturated heterocycles. The number of rotatable bonds is 6. The standard InChI is InChI=1S/C27H25N3O4/c1-4-21(25(31)29-22-11-7-8-16-28-22)34-27(33)24-23(18-14-12-17(2)13-15-18)19-9-5-6-10-20(19)26(32)30(24)3/h5-16,21H,4H2,1-3H3,(H,28,29,31). The number of amides is 1. The highest BCUT2D eigenvalue weighted by Gasteiger charge is 2.28. The second kappa shape index (κ2) is 9.70. The van der Waals surface area contributed by atoms with Gasteiger partial charge in [-0.25, -0.2) is 9.78 Å². The molecule has 0 bridgehead atoms. The number of aromatic nitrogens is 2. The Labute approximate surface area is 197 Å². The summed E-state index contributed by atoms with van der Waals surface area (Å²) in [4.78, 5) is 43.4. The van der Waals surface area contributed by atoms with Crippen molar-refractivity contribution >= 4 is 28.5 Å². The van der Waals surface area contributed by atoms with Crippen LogP contribution in [0.4, 0.5) is 5.82 Å². The number of benzene rings is 2. The molecule has 34 heavy (non-hydrogen) atoms. The summed E-state index contributed by atoms with van der Waals surface area (Å²) >= 11 is 0. The van der Waals surface area contributed by atoms with E-state index in [9.17, 15) is 14.4 Å². The first kappa shape index (κ1) is 22.9. The van der Waals surface area contributed by atoms with E-state index in [4.69, 9.17) is 4.74 Å². The monoisotopic (exact) mass is 455 g/mol. The van der Waals surface area contributed by atoms with Gasteiger partial charge in [0.2, 0.25) is 0 Å². The largest absolute Gasteiger partial charge is 0.448 e. The van der Waals surface area contributed by atoms with Crippen molar-refractivity contribution in [1.82, 2.24) is 9.55 Å². The Hall–Kier alpha value is -4.26. The Bertz CT molecular complexity index is 1410. The van der Waals surface area contributed by atoms with Gasteiger partial charge in [-0.3, -0.25) is 9.59 Å². The first-order valence-corrected chi connectivity index (χ1v) is 11.0. The number of hydrogen-bond donors (Lipinski definition) is 1. The average molecular weight is 456 g/mol. The molecule has 7 heteroatoms. The first-order valence-electron chi connectivity index (χ1n) is 11.0. The molecule has 2 heterocycles. The third kappa shape index (κ3) is 4.45. The number of hydrogen-bond acceptors (Lipinski definition) is 5. The van der Waals surface area contributed by atoms with Gasteiger partial charge in [-0.1, -0.05) is 61.0 Å². The molecule has 0 aliphatic rings. The fraction of sp³-hybridized carbons (Fsp3) is 0.185. The molecule has 1 amide bonds. The minimum absolute atomic E-state index is 0.0941. The van der Waals surface area contributed by atoms with E-state index in [1.807, 2.05) is 43.3 Å². The molecular weight excluding hydrogens is 430 g/mol. The maximum Gasteiger partial charge on any atom is 0.356 e. The van der Waals surface area contributed by atoms with Crippen molar-refractivity contribution in [3.63, 3.8) is 0 Å². The molecule has 2 aromatic heterocycles. The highest BCUT2D eigenvalue weighted by molar-refractivity contribution is 6.07. The summed E-state index contributed by atoms with van der Waals surface area (Å²) in [5.74, 6) is -0.873. The zero-order valence-corrected chi connectivity index (χ0v) is 19.2. The fourth-order valence-electron chi connectivity index (χ4n) is 3.87.